The maximum absolute atomic E-state index is 12.7. The summed E-state index contributed by atoms with van der Waals surface area (Å²) in [5, 5.41) is 3.09. The molecule has 0 bridgehead atoms. The largest absolute Gasteiger partial charge is 0.416 e. The van der Waals surface area contributed by atoms with E-state index in [0.29, 0.717) is 5.56 Å². The van der Waals surface area contributed by atoms with E-state index in [1.54, 1.807) is 20.2 Å². The van der Waals surface area contributed by atoms with Crippen molar-refractivity contribution in [3.8, 4) is 0 Å². The van der Waals surface area contributed by atoms with E-state index in [-0.39, 0.29) is 6.04 Å². The minimum Gasteiger partial charge on any atom is -0.308 e. The van der Waals surface area contributed by atoms with Gasteiger partial charge in [0, 0.05) is 10.7 Å². The van der Waals surface area contributed by atoms with Crippen LogP contribution in [0, 0.1) is 6.92 Å². The molecule has 21 heavy (non-hydrogen) atoms. The van der Waals surface area contributed by atoms with E-state index in [0.717, 1.165) is 21.8 Å². The molecule has 1 N–H and O–H groups in total. The summed E-state index contributed by atoms with van der Waals surface area (Å²) in [6.07, 6.45) is -2.66. The summed E-state index contributed by atoms with van der Waals surface area (Å²) >= 11 is 3.31. The standard InChI is InChI=1S/C15H14BrF3N2/c1-9-7-10(15(17,18)19)3-5-12(9)14(20-2)13-6-4-11(16)8-21-13/h3-8,14,20H,1-2H3. The number of hydrogen-bond donors (Lipinski definition) is 1. The first kappa shape index (κ1) is 16.0. The Hall–Kier alpha value is -1.40. The fourth-order valence-electron chi connectivity index (χ4n) is 2.20. The molecule has 0 fully saturated rings. The Balaban J connectivity index is 2.41. The van der Waals surface area contributed by atoms with Crippen molar-refractivity contribution in [2.24, 2.45) is 0 Å². The van der Waals surface area contributed by atoms with Crippen molar-refractivity contribution in [1.29, 1.82) is 0 Å². The molecule has 0 spiro atoms. The number of pyridine rings is 1. The van der Waals surface area contributed by atoms with Crippen LogP contribution in [0.4, 0.5) is 13.2 Å². The molecule has 2 aromatic rings. The van der Waals surface area contributed by atoms with Crippen LogP contribution in [0.25, 0.3) is 0 Å². The fraction of sp³-hybridized carbons (Fsp3) is 0.267. The van der Waals surface area contributed by atoms with E-state index in [4.69, 9.17) is 0 Å². The molecule has 1 heterocycles. The van der Waals surface area contributed by atoms with E-state index >= 15 is 0 Å². The SMILES string of the molecule is CNC(c1ccc(Br)cn1)c1ccc(C(F)(F)F)cc1C. The lowest BCUT2D eigenvalue weighted by Crippen LogP contribution is -2.20. The molecule has 0 amide bonds. The Morgan fingerprint density at radius 2 is 1.90 bits per heavy atom. The fourth-order valence-corrected chi connectivity index (χ4v) is 2.43. The Labute approximate surface area is 129 Å². The molecule has 2 nitrogen and oxygen atoms in total. The van der Waals surface area contributed by atoms with Crippen molar-refractivity contribution in [1.82, 2.24) is 10.3 Å². The number of alkyl halides is 3. The van der Waals surface area contributed by atoms with Crippen molar-refractivity contribution in [2.75, 3.05) is 7.05 Å². The van der Waals surface area contributed by atoms with Crippen molar-refractivity contribution in [2.45, 2.75) is 19.1 Å². The monoisotopic (exact) mass is 358 g/mol. The molecular weight excluding hydrogens is 345 g/mol. The van der Waals surface area contributed by atoms with Crippen molar-refractivity contribution in [3.63, 3.8) is 0 Å². The molecule has 0 radical (unpaired) electrons. The van der Waals surface area contributed by atoms with Gasteiger partial charge in [-0.3, -0.25) is 4.98 Å². The Morgan fingerprint density at radius 1 is 1.19 bits per heavy atom. The zero-order valence-electron chi connectivity index (χ0n) is 11.5. The second-order valence-electron chi connectivity index (χ2n) is 4.69. The Morgan fingerprint density at radius 3 is 2.38 bits per heavy atom. The molecule has 0 aliphatic rings. The van der Waals surface area contributed by atoms with E-state index in [2.05, 4.69) is 26.2 Å². The van der Waals surface area contributed by atoms with Crippen LogP contribution in [0.2, 0.25) is 0 Å². The number of benzene rings is 1. The van der Waals surface area contributed by atoms with Gasteiger partial charge in [0.2, 0.25) is 0 Å². The molecule has 1 atom stereocenters. The van der Waals surface area contributed by atoms with Gasteiger partial charge in [-0.1, -0.05) is 6.07 Å². The molecule has 112 valence electrons. The molecule has 0 saturated carbocycles. The van der Waals surface area contributed by atoms with Gasteiger partial charge < -0.3 is 5.32 Å². The van der Waals surface area contributed by atoms with Crippen molar-refractivity contribution >= 4 is 15.9 Å². The van der Waals surface area contributed by atoms with Gasteiger partial charge in [-0.25, -0.2) is 0 Å². The van der Waals surface area contributed by atoms with Crippen LogP contribution < -0.4 is 5.32 Å². The predicted molar refractivity (Wildman–Crippen MR) is 79.0 cm³/mol. The molecule has 0 aliphatic heterocycles. The van der Waals surface area contributed by atoms with E-state index in [9.17, 15) is 13.2 Å². The highest BCUT2D eigenvalue weighted by Crippen LogP contribution is 2.32. The normalized spacial score (nSPS) is 13.2. The second kappa shape index (κ2) is 6.15. The molecular formula is C15H14BrF3N2. The third kappa shape index (κ3) is 3.63. The first-order valence-corrected chi connectivity index (χ1v) is 7.08. The topological polar surface area (TPSA) is 24.9 Å². The summed E-state index contributed by atoms with van der Waals surface area (Å²) in [5.74, 6) is 0. The lowest BCUT2D eigenvalue weighted by atomic mass is 9.96. The quantitative estimate of drug-likeness (QED) is 0.874. The van der Waals surface area contributed by atoms with Gasteiger partial charge >= 0.3 is 6.18 Å². The first-order valence-electron chi connectivity index (χ1n) is 6.29. The predicted octanol–water partition coefficient (Wildman–Crippen LogP) is 4.48. The Bertz CT molecular complexity index is 624. The highest BCUT2D eigenvalue weighted by molar-refractivity contribution is 9.10. The van der Waals surface area contributed by atoms with E-state index in [1.165, 1.54) is 12.1 Å². The molecule has 1 aromatic heterocycles. The van der Waals surface area contributed by atoms with Crippen molar-refractivity contribution < 1.29 is 13.2 Å². The first-order chi connectivity index (χ1) is 9.82. The van der Waals surface area contributed by atoms with Crippen LogP contribution in [0.15, 0.2) is 41.0 Å². The highest BCUT2D eigenvalue weighted by atomic mass is 79.9. The number of rotatable bonds is 3. The number of aryl methyl sites for hydroxylation is 1. The van der Waals surface area contributed by atoms with Crippen LogP contribution in [-0.4, -0.2) is 12.0 Å². The van der Waals surface area contributed by atoms with Gasteiger partial charge in [0.05, 0.1) is 17.3 Å². The molecule has 1 unspecified atom stereocenters. The van der Waals surface area contributed by atoms with Crippen LogP contribution in [0.5, 0.6) is 0 Å². The summed E-state index contributed by atoms with van der Waals surface area (Å²) < 4.78 is 39.0. The maximum atomic E-state index is 12.7. The van der Waals surface area contributed by atoms with Crippen LogP contribution in [-0.2, 0) is 6.18 Å². The van der Waals surface area contributed by atoms with E-state index in [1.807, 2.05) is 12.1 Å². The van der Waals surface area contributed by atoms with Gasteiger partial charge in [0.15, 0.2) is 0 Å². The highest BCUT2D eigenvalue weighted by Gasteiger charge is 2.31. The van der Waals surface area contributed by atoms with Gasteiger partial charge in [-0.05, 0) is 65.3 Å². The van der Waals surface area contributed by atoms with Crippen LogP contribution in [0.3, 0.4) is 0 Å². The average Bonchev–Trinajstić information content (AvgIpc) is 2.42. The second-order valence-corrected chi connectivity index (χ2v) is 5.61. The van der Waals surface area contributed by atoms with E-state index < -0.39 is 11.7 Å². The average molecular weight is 359 g/mol. The number of nitrogens with one attached hydrogen (secondary N) is 1. The number of halogens is 4. The zero-order valence-corrected chi connectivity index (χ0v) is 13.1. The minimum atomic E-state index is -4.33. The maximum Gasteiger partial charge on any atom is 0.416 e. The van der Waals surface area contributed by atoms with Crippen molar-refractivity contribution in [3.05, 3.63) is 63.4 Å². The smallest absolute Gasteiger partial charge is 0.308 e. The molecule has 6 heteroatoms. The molecule has 0 aliphatic carbocycles. The third-order valence-electron chi connectivity index (χ3n) is 3.24. The van der Waals surface area contributed by atoms with Gasteiger partial charge in [-0.2, -0.15) is 13.2 Å². The summed E-state index contributed by atoms with van der Waals surface area (Å²) in [5.41, 5.74) is 1.47. The summed E-state index contributed by atoms with van der Waals surface area (Å²) in [6.45, 7) is 1.67. The van der Waals surface area contributed by atoms with Crippen LogP contribution in [0.1, 0.15) is 28.4 Å². The summed E-state index contributed by atoms with van der Waals surface area (Å²) in [6, 6.07) is 7.21. The number of aromatic nitrogens is 1. The molecule has 2 rings (SSSR count). The lowest BCUT2D eigenvalue weighted by Gasteiger charge is -2.19. The third-order valence-corrected chi connectivity index (χ3v) is 3.71. The number of hydrogen-bond acceptors (Lipinski definition) is 2. The minimum absolute atomic E-state index is 0.250. The van der Waals surface area contributed by atoms with Gasteiger partial charge in [0.25, 0.3) is 0 Å². The number of nitrogens with zero attached hydrogens (tertiary/aromatic N) is 1. The summed E-state index contributed by atoms with van der Waals surface area (Å²) in [7, 11) is 1.76. The molecule has 1 aromatic carbocycles. The Kier molecular flexibility index (Phi) is 4.68. The lowest BCUT2D eigenvalue weighted by molar-refractivity contribution is -0.137. The zero-order chi connectivity index (χ0) is 15.6. The van der Waals surface area contributed by atoms with Gasteiger partial charge in [-0.15, -0.1) is 0 Å². The molecule has 0 saturated heterocycles. The van der Waals surface area contributed by atoms with Crippen LogP contribution >= 0.6 is 15.9 Å². The summed E-state index contributed by atoms with van der Waals surface area (Å²) in [4.78, 5) is 4.31. The van der Waals surface area contributed by atoms with Gasteiger partial charge in [0.1, 0.15) is 0 Å².